The van der Waals surface area contributed by atoms with Crippen LogP contribution in [0.5, 0.6) is 5.75 Å². The van der Waals surface area contributed by atoms with Crippen LogP contribution in [0.15, 0.2) is 53.3 Å². The third kappa shape index (κ3) is 3.93. The van der Waals surface area contributed by atoms with Crippen LogP contribution in [0.4, 0.5) is 0 Å². The SMILES string of the molecule is COc1ccccc1C(=O)N(Cc1cc2ccc(C)cc2[nH]c1=O)C(C)(C)C. The van der Waals surface area contributed by atoms with E-state index >= 15 is 0 Å². The van der Waals surface area contributed by atoms with Crippen molar-refractivity contribution in [2.24, 2.45) is 0 Å². The lowest BCUT2D eigenvalue weighted by Gasteiger charge is -2.36. The smallest absolute Gasteiger partial charge is 0.258 e. The maximum atomic E-state index is 13.3. The van der Waals surface area contributed by atoms with Crippen molar-refractivity contribution in [1.29, 1.82) is 0 Å². The Morgan fingerprint density at radius 2 is 1.82 bits per heavy atom. The van der Waals surface area contributed by atoms with Gasteiger partial charge in [0.25, 0.3) is 11.5 Å². The van der Waals surface area contributed by atoms with E-state index < -0.39 is 5.54 Å². The molecule has 0 radical (unpaired) electrons. The number of H-pyrrole nitrogens is 1. The molecule has 1 heterocycles. The Morgan fingerprint density at radius 3 is 2.50 bits per heavy atom. The molecule has 1 N–H and O–H groups in total. The number of para-hydroxylation sites is 1. The van der Waals surface area contributed by atoms with Gasteiger partial charge in [0.05, 0.1) is 19.2 Å². The first-order chi connectivity index (χ1) is 13.2. The van der Waals surface area contributed by atoms with Gasteiger partial charge in [0.15, 0.2) is 0 Å². The summed E-state index contributed by atoms with van der Waals surface area (Å²) in [7, 11) is 1.55. The first-order valence-electron chi connectivity index (χ1n) is 9.28. The van der Waals surface area contributed by atoms with Crippen LogP contribution < -0.4 is 10.3 Å². The molecule has 0 aliphatic carbocycles. The van der Waals surface area contributed by atoms with Gasteiger partial charge in [0, 0.05) is 16.6 Å². The maximum absolute atomic E-state index is 13.3. The van der Waals surface area contributed by atoms with Crippen molar-refractivity contribution in [3.63, 3.8) is 0 Å². The van der Waals surface area contributed by atoms with E-state index in [9.17, 15) is 9.59 Å². The molecule has 0 aliphatic rings. The average Bonchev–Trinajstić information content (AvgIpc) is 2.64. The second-order valence-electron chi connectivity index (χ2n) is 7.98. The van der Waals surface area contributed by atoms with E-state index in [-0.39, 0.29) is 18.0 Å². The number of hydrogen-bond acceptors (Lipinski definition) is 3. The number of aromatic nitrogens is 1. The number of carbonyl (C=O) groups is 1. The fourth-order valence-corrected chi connectivity index (χ4v) is 3.23. The molecule has 3 rings (SSSR count). The fourth-order valence-electron chi connectivity index (χ4n) is 3.23. The average molecular weight is 378 g/mol. The Labute approximate surface area is 165 Å². The van der Waals surface area contributed by atoms with E-state index in [1.807, 2.05) is 64.1 Å². The molecule has 28 heavy (non-hydrogen) atoms. The van der Waals surface area contributed by atoms with Crippen LogP contribution in [-0.2, 0) is 6.54 Å². The van der Waals surface area contributed by atoms with Crippen molar-refractivity contribution in [2.75, 3.05) is 7.11 Å². The molecule has 0 fully saturated rings. The maximum Gasteiger partial charge on any atom is 0.258 e. The summed E-state index contributed by atoms with van der Waals surface area (Å²) in [4.78, 5) is 30.6. The summed E-state index contributed by atoms with van der Waals surface area (Å²) in [6.45, 7) is 8.06. The molecule has 0 saturated heterocycles. The molecule has 146 valence electrons. The summed E-state index contributed by atoms with van der Waals surface area (Å²) in [6.07, 6.45) is 0. The second-order valence-corrected chi connectivity index (χ2v) is 7.98. The number of nitrogens with one attached hydrogen (secondary N) is 1. The highest BCUT2D eigenvalue weighted by Gasteiger charge is 2.29. The monoisotopic (exact) mass is 378 g/mol. The van der Waals surface area contributed by atoms with Crippen molar-refractivity contribution >= 4 is 16.8 Å². The van der Waals surface area contributed by atoms with Gasteiger partial charge in [0.2, 0.25) is 0 Å². The summed E-state index contributed by atoms with van der Waals surface area (Å²) in [5.41, 5.74) is 2.25. The van der Waals surface area contributed by atoms with Crippen molar-refractivity contribution in [3.05, 3.63) is 75.6 Å². The number of fused-ring (bicyclic) bond motifs is 1. The number of aryl methyl sites for hydroxylation is 1. The Bertz CT molecular complexity index is 1080. The number of methoxy groups -OCH3 is 1. The summed E-state index contributed by atoms with van der Waals surface area (Å²) < 4.78 is 5.36. The highest BCUT2D eigenvalue weighted by Crippen LogP contribution is 2.25. The van der Waals surface area contributed by atoms with E-state index in [1.165, 1.54) is 0 Å². The fraction of sp³-hybridized carbons (Fsp3) is 0.304. The molecule has 0 spiro atoms. The normalized spacial score (nSPS) is 11.5. The van der Waals surface area contributed by atoms with Crippen LogP contribution in [0.1, 0.15) is 42.3 Å². The van der Waals surface area contributed by atoms with Crippen LogP contribution in [0.2, 0.25) is 0 Å². The molecule has 1 amide bonds. The van der Waals surface area contributed by atoms with Crippen LogP contribution in [0, 0.1) is 6.92 Å². The number of pyridine rings is 1. The van der Waals surface area contributed by atoms with E-state index in [2.05, 4.69) is 4.98 Å². The van der Waals surface area contributed by atoms with Gasteiger partial charge >= 0.3 is 0 Å². The van der Waals surface area contributed by atoms with Crippen molar-refractivity contribution in [2.45, 2.75) is 39.8 Å². The lowest BCUT2D eigenvalue weighted by molar-refractivity contribution is 0.0554. The predicted octanol–water partition coefficient (Wildman–Crippen LogP) is 4.29. The third-order valence-corrected chi connectivity index (χ3v) is 4.80. The molecule has 0 atom stereocenters. The van der Waals surface area contributed by atoms with Crippen molar-refractivity contribution in [3.8, 4) is 5.75 Å². The minimum Gasteiger partial charge on any atom is -0.496 e. The topological polar surface area (TPSA) is 62.4 Å². The van der Waals surface area contributed by atoms with E-state index in [0.717, 1.165) is 16.5 Å². The summed E-state index contributed by atoms with van der Waals surface area (Å²) in [5, 5.41) is 0.943. The van der Waals surface area contributed by atoms with E-state index in [1.54, 1.807) is 24.1 Å². The van der Waals surface area contributed by atoms with Crippen LogP contribution in [-0.4, -0.2) is 28.4 Å². The van der Waals surface area contributed by atoms with Gasteiger partial charge in [-0.3, -0.25) is 9.59 Å². The molecular formula is C23H26N2O3. The van der Waals surface area contributed by atoms with Crippen molar-refractivity contribution < 1.29 is 9.53 Å². The number of benzene rings is 2. The summed E-state index contributed by atoms with van der Waals surface area (Å²) >= 11 is 0. The Balaban J connectivity index is 2.04. The number of rotatable bonds is 4. The number of hydrogen-bond donors (Lipinski definition) is 1. The number of ether oxygens (including phenoxy) is 1. The van der Waals surface area contributed by atoms with Gasteiger partial charge in [-0.2, -0.15) is 0 Å². The van der Waals surface area contributed by atoms with Crippen LogP contribution >= 0.6 is 0 Å². The first kappa shape index (κ1) is 19.7. The van der Waals surface area contributed by atoms with E-state index in [0.29, 0.717) is 16.9 Å². The molecule has 1 aromatic heterocycles. The molecule has 0 bridgehead atoms. The minimum atomic E-state index is -0.480. The number of amides is 1. The number of nitrogens with zero attached hydrogens (tertiary/aromatic N) is 1. The Morgan fingerprint density at radius 1 is 1.11 bits per heavy atom. The second kappa shape index (κ2) is 7.50. The van der Waals surface area contributed by atoms with Crippen LogP contribution in [0.25, 0.3) is 10.9 Å². The zero-order valence-corrected chi connectivity index (χ0v) is 17.0. The molecule has 0 unspecified atom stereocenters. The van der Waals surface area contributed by atoms with Crippen LogP contribution in [0.3, 0.4) is 0 Å². The van der Waals surface area contributed by atoms with Gasteiger partial charge in [0.1, 0.15) is 5.75 Å². The third-order valence-electron chi connectivity index (χ3n) is 4.80. The number of carbonyl (C=O) groups excluding carboxylic acids is 1. The highest BCUT2D eigenvalue weighted by atomic mass is 16.5. The largest absolute Gasteiger partial charge is 0.496 e. The molecule has 3 aromatic rings. The first-order valence-corrected chi connectivity index (χ1v) is 9.28. The lowest BCUT2D eigenvalue weighted by atomic mass is 10.0. The molecule has 0 saturated carbocycles. The van der Waals surface area contributed by atoms with Gasteiger partial charge in [-0.15, -0.1) is 0 Å². The summed E-state index contributed by atoms with van der Waals surface area (Å²) in [5.74, 6) is 0.345. The lowest BCUT2D eigenvalue weighted by Crippen LogP contribution is -2.46. The van der Waals surface area contributed by atoms with Gasteiger partial charge < -0.3 is 14.6 Å². The van der Waals surface area contributed by atoms with Gasteiger partial charge in [-0.1, -0.05) is 24.3 Å². The molecule has 5 nitrogen and oxygen atoms in total. The predicted molar refractivity (Wildman–Crippen MR) is 112 cm³/mol. The molecular weight excluding hydrogens is 352 g/mol. The Kier molecular flexibility index (Phi) is 5.27. The van der Waals surface area contributed by atoms with Gasteiger partial charge in [-0.25, -0.2) is 0 Å². The number of aromatic amines is 1. The quantitative estimate of drug-likeness (QED) is 0.737. The van der Waals surface area contributed by atoms with Gasteiger partial charge in [-0.05, 0) is 62.9 Å². The minimum absolute atomic E-state index is 0.173. The van der Waals surface area contributed by atoms with E-state index in [4.69, 9.17) is 4.74 Å². The molecule has 0 aliphatic heterocycles. The zero-order chi connectivity index (χ0) is 20.5. The molecule has 5 heteroatoms. The standard InChI is InChI=1S/C23H26N2O3/c1-15-10-11-16-13-17(21(26)24-19(16)12-15)14-25(23(2,3)4)22(27)18-8-6-7-9-20(18)28-5/h6-13H,14H2,1-5H3,(H,24,26). The zero-order valence-electron chi connectivity index (χ0n) is 17.0. The highest BCUT2D eigenvalue weighted by molar-refractivity contribution is 5.97. The van der Waals surface area contributed by atoms with Crippen molar-refractivity contribution in [1.82, 2.24) is 9.88 Å². The molecule has 2 aromatic carbocycles. The summed E-state index contributed by atoms with van der Waals surface area (Å²) in [6, 6.07) is 14.9. The Hall–Kier alpha value is -3.08.